The molecule has 4 heteroatoms. The second-order valence-electron chi connectivity index (χ2n) is 4.31. The van der Waals surface area contributed by atoms with Crippen molar-refractivity contribution in [2.24, 2.45) is 0 Å². The minimum Gasteiger partial charge on any atom is -0.487 e. The third kappa shape index (κ3) is 3.01. The molecular formula is C14H18N2OS. The maximum absolute atomic E-state index is 5.85. The van der Waals surface area contributed by atoms with Gasteiger partial charge in [-0.05, 0) is 24.0 Å². The van der Waals surface area contributed by atoms with Crippen molar-refractivity contribution in [3.63, 3.8) is 0 Å². The number of aromatic nitrogens is 1. The van der Waals surface area contributed by atoms with Crippen molar-refractivity contribution in [2.75, 3.05) is 5.73 Å². The maximum atomic E-state index is 5.85. The molecule has 0 aliphatic rings. The summed E-state index contributed by atoms with van der Waals surface area (Å²) in [6.45, 7) is 4.87. The summed E-state index contributed by atoms with van der Waals surface area (Å²) in [5.41, 5.74) is 7.74. The number of rotatable bonds is 5. The van der Waals surface area contributed by atoms with Gasteiger partial charge in [-0.15, -0.1) is 11.3 Å². The first-order valence-electron chi connectivity index (χ1n) is 6.12. The molecule has 0 bridgehead atoms. The molecular weight excluding hydrogens is 244 g/mol. The van der Waals surface area contributed by atoms with Crippen LogP contribution in [0.4, 0.5) is 5.13 Å². The Balaban J connectivity index is 2.09. The molecule has 0 spiro atoms. The van der Waals surface area contributed by atoms with Crippen LogP contribution in [0.1, 0.15) is 37.4 Å². The average molecular weight is 262 g/mol. The van der Waals surface area contributed by atoms with Crippen LogP contribution >= 0.6 is 11.3 Å². The van der Waals surface area contributed by atoms with E-state index in [1.807, 2.05) is 17.5 Å². The summed E-state index contributed by atoms with van der Waals surface area (Å²) in [6.07, 6.45) is 1.10. The zero-order valence-corrected chi connectivity index (χ0v) is 11.5. The number of hydrogen-bond donors (Lipinski definition) is 1. The van der Waals surface area contributed by atoms with Crippen molar-refractivity contribution < 1.29 is 4.74 Å². The lowest BCUT2D eigenvalue weighted by Gasteiger charge is -2.15. The van der Waals surface area contributed by atoms with Gasteiger partial charge in [-0.2, -0.15) is 0 Å². The Kier molecular flexibility index (Phi) is 4.20. The Hall–Kier alpha value is -1.55. The predicted octanol–water partition coefficient (Wildman–Crippen LogP) is 3.82. The van der Waals surface area contributed by atoms with Crippen LogP contribution in [-0.4, -0.2) is 4.98 Å². The highest BCUT2D eigenvalue weighted by Gasteiger charge is 2.10. The third-order valence-corrected chi connectivity index (χ3v) is 3.73. The van der Waals surface area contributed by atoms with Gasteiger partial charge in [0.15, 0.2) is 5.13 Å². The molecule has 1 aromatic carbocycles. The molecule has 18 heavy (non-hydrogen) atoms. The average Bonchev–Trinajstić information content (AvgIpc) is 2.81. The van der Waals surface area contributed by atoms with Crippen LogP contribution < -0.4 is 10.5 Å². The molecule has 1 atom stereocenters. The molecule has 0 fully saturated rings. The smallest absolute Gasteiger partial charge is 0.180 e. The number of ether oxygens (including phenoxy) is 1. The molecule has 1 heterocycles. The summed E-state index contributed by atoms with van der Waals surface area (Å²) >= 11 is 1.44. The zero-order chi connectivity index (χ0) is 13.0. The van der Waals surface area contributed by atoms with Crippen molar-refractivity contribution in [1.29, 1.82) is 0 Å². The summed E-state index contributed by atoms with van der Waals surface area (Å²) in [5.74, 6) is 1.44. The van der Waals surface area contributed by atoms with E-state index in [1.54, 1.807) is 0 Å². The molecule has 2 rings (SSSR count). The molecule has 0 saturated heterocycles. The molecule has 3 nitrogen and oxygen atoms in total. The van der Waals surface area contributed by atoms with Crippen molar-refractivity contribution in [2.45, 2.75) is 32.8 Å². The van der Waals surface area contributed by atoms with E-state index >= 15 is 0 Å². The molecule has 0 radical (unpaired) electrons. The second kappa shape index (κ2) is 5.87. The van der Waals surface area contributed by atoms with Gasteiger partial charge in [0.25, 0.3) is 0 Å². The fraction of sp³-hybridized carbons (Fsp3) is 0.357. The first-order valence-corrected chi connectivity index (χ1v) is 7.00. The number of para-hydroxylation sites is 1. The molecule has 96 valence electrons. The van der Waals surface area contributed by atoms with Gasteiger partial charge in [0.05, 0.1) is 5.69 Å². The molecule has 1 unspecified atom stereocenters. The van der Waals surface area contributed by atoms with E-state index in [0.717, 1.165) is 17.9 Å². The van der Waals surface area contributed by atoms with E-state index in [0.29, 0.717) is 17.7 Å². The van der Waals surface area contributed by atoms with E-state index in [2.05, 4.69) is 31.0 Å². The van der Waals surface area contributed by atoms with E-state index in [1.165, 1.54) is 16.9 Å². The molecule has 2 N–H and O–H groups in total. The van der Waals surface area contributed by atoms with Gasteiger partial charge in [-0.25, -0.2) is 4.98 Å². The van der Waals surface area contributed by atoms with Gasteiger partial charge < -0.3 is 10.5 Å². The van der Waals surface area contributed by atoms with Gasteiger partial charge in [0, 0.05) is 5.38 Å². The van der Waals surface area contributed by atoms with Crippen LogP contribution in [0.15, 0.2) is 29.6 Å². The number of nitrogens with two attached hydrogens (primary N) is 1. The largest absolute Gasteiger partial charge is 0.487 e. The first-order chi connectivity index (χ1) is 8.70. The summed E-state index contributed by atoms with van der Waals surface area (Å²) in [5, 5.41) is 2.52. The first kappa shape index (κ1) is 12.9. The third-order valence-electron chi connectivity index (χ3n) is 3.01. The number of nitrogen functional groups attached to an aromatic ring is 1. The minimum absolute atomic E-state index is 0.473. The summed E-state index contributed by atoms with van der Waals surface area (Å²) in [7, 11) is 0. The van der Waals surface area contributed by atoms with Crippen molar-refractivity contribution >= 4 is 16.5 Å². The number of anilines is 1. The molecule has 0 aliphatic heterocycles. The number of nitrogens with zero attached hydrogens (tertiary/aromatic N) is 1. The van der Waals surface area contributed by atoms with Crippen LogP contribution in [0, 0.1) is 0 Å². The Morgan fingerprint density at radius 3 is 2.83 bits per heavy atom. The lowest BCUT2D eigenvalue weighted by atomic mass is 9.98. The van der Waals surface area contributed by atoms with Gasteiger partial charge in [-0.1, -0.05) is 32.0 Å². The number of hydrogen-bond acceptors (Lipinski definition) is 4. The van der Waals surface area contributed by atoms with Gasteiger partial charge in [-0.3, -0.25) is 0 Å². The highest BCUT2D eigenvalue weighted by atomic mass is 32.1. The molecule has 0 amide bonds. The van der Waals surface area contributed by atoms with E-state index in [9.17, 15) is 0 Å². The van der Waals surface area contributed by atoms with Crippen molar-refractivity contribution in [3.8, 4) is 5.75 Å². The lowest BCUT2D eigenvalue weighted by molar-refractivity contribution is 0.297. The van der Waals surface area contributed by atoms with Crippen LogP contribution in [0.5, 0.6) is 5.75 Å². The highest BCUT2D eigenvalue weighted by molar-refractivity contribution is 7.13. The Bertz CT molecular complexity index is 510. The van der Waals surface area contributed by atoms with Gasteiger partial charge >= 0.3 is 0 Å². The molecule has 0 aliphatic carbocycles. The van der Waals surface area contributed by atoms with Gasteiger partial charge in [0.2, 0.25) is 0 Å². The molecule has 1 aromatic heterocycles. The minimum atomic E-state index is 0.473. The normalized spacial score (nSPS) is 12.3. The summed E-state index contributed by atoms with van der Waals surface area (Å²) in [6, 6.07) is 8.18. The topological polar surface area (TPSA) is 48.1 Å². The Morgan fingerprint density at radius 2 is 2.17 bits per heavy atom. The molecule has 2 aromatic rings. The fourth-order valence-electron chi connectivity index (χ4n) is 1.78. The lowest BCUT2D eigenvalue weighted by Crippen LogP contribution is -2.01. The zero-order valence-electron chi connectivity index (χ0n) is 10.7. The fourth-order valence-corrected chi connectivity index (χ4v) is 2.33. The standard InChI is InChI=1S/C14H18N2OS/c1-3-10(2)12-6-4-5-7-13(12)17-8-11-9-18-14(15)16-11/h4-7,9-10H,3,8H2,1-2H3,(H2,15,16). The highest BCUT2D eigenvalue weighted by Crippen LogP contribution is 2.29. The second-order valence-corrected chi connectivity index (χ2v) is 5.20. The van der Waals surface area contributed by atoms with Crippen LogP contribution in [-0.2, 0) is 6.61 Å². The van der Waals surface area contributed by atoms with E-state index in [-0.39, 0.29) is 0 Å². The van der Waals surface area contributed by atoms with E-state index in [4.69, 9.17) is 10.5 Å². The SMILES string of the molecule is CCC(C)c1ccccc1OCc1csc(N)n1. The van der Waals surface area contributed by atoms with Gasteiger partial charge in [0.1, 0.15) is 12.4 Å². The van der Waals surface area contributed by atoms with Crippen molar-refractivity contribution in [1.82, 2.24) is 4.98 Å². The monoisotopic (exact) mass is 262 g/mol. The summed E-state index contributed by atoms with van der Waals surface area (Å²) in [4.78, 5) is 4.19. The number of thiazole rings is 1. The predicted molar refractivity (Wildman–Crippen MR) is 76.0 cm³/mol. The van der Waals surface area contributed by atoms with Crippen molar-refractivity contribution in [3.05, 3.63) is 40.9 Å². The van der Waals surface area contributed by atoms with Crippen LogP contribution in [0.25, 0.3) is 0 Å². The Labute approximate surface area is 112 Å². The van der Waals surface area contributed by atoms with E-state index < -0.39 is 0 Å². The quantitative estimate of drug-likeness (QED) is 0.891. The summed E-state index contributed by atoms with van der Waals surface area (Å²) < 4.78 is 5.85. The van der Waals surface area contributed by atoms with Crippen LogP contribution in [0.3, 0.4) is 0 Å². The molecule has 0 saturated carbocycles. The van der Waals surface area contributed by atoms with Crippen LogP contribution in [0.2, 0.25) is 0 Å². The Morgan fingerprint density at radius 1 is 1.39 bits per heavy atom. The maximum Gasteiger partial charge on any atom is 0.180 e. The number of benzene rings is 1.